The van der Waals surface area contributed by atoms with E-state index in [9.17, 15) is 9.50 Å². The second-order valence-corrected chi connectivity index (χ2v) is 4.82. The number of imidazole rings is 1. The molecule has 0 aliphatic heterocycles. The first-order chi connectivity index (χ1) is 10.7. The van der Waals surface area contributed by atoms with Gasteiger partial charge in [-0.15, -0.1) is 0 Å². The third-order valence-electron chi connectivity index (χ3n) is 3.29. The van der Waals surface area contributed by atoms with Crippen LogP contribution in [0.1, 0.15) is 11.7 Å². The van der Waals surface area contributed by atoms with Crippen LogP contribution >= 0.6 is 0 Å². The van der Waals surface area contributed by atoms with E-state index >= 15 is 0 Å². The van der Waals surface area contributed by atoms with Gasteiger partial charge in [-0.3, -0.25) is 0 Å². The number of rotatable bonds is 5. The molecule has 1 N–H and O–H groups in total. The standard InChI is InChI=1S/C17H15FN2O2/c18-16-7-2-1-6-15(16)17(21)11-22-14-5-3-4-13(10-14)20-9-8-19-12-20/h1-10,12,17,21H,11H2. The first-order valence-electron chi connectivity index (χ1n) is 6.88. The van der Waals surface area contributed by atoms with Crippen LogP contribution in [0, 0.1) is 5.82 Å². The van der Waals surface area contributed by atoms with Gasteiger partial charge in [-0.1, -0.05) is 24.3 Å². The molecule has 22 heavy (non-hydrogen) atoms. The molecule has 0 radical (unpaired) electrons. The van der Waals surface area contributed by atoms with Crippen LogP contribution in [0.2, 0.25) is 0 Å². The minimum atomic E-state index is -1.02. The smallest absolute Gasteiger partial charge is 0.129 e. The highest BCUT2D eigenvalue weighted by molar-refractivity contribution is 5.39. The summed E-state index contributed by atoms with van der Waals surface area (Å²) in [6, 6.07) is 13.5. The van der Waals surface area contributed by atoms with Crippen LogP contribution in [0.4, 0.5) is 4.39 Å². The van der Waals surface area contributed by atoms with Gasteiger partial charge in [0.15, 0.2) is 0 Å². The third-order valence-corrected chi connectivity index (χ3v) is 3.29. The number of aliphatic hydroxyl groups is 1. The molecule has 0 spiro atoms. The fraction of sp³-hybridized carbons (Fsp3) is 0.118. The van der Waals surface area contributed by atoms with E-state index in [1.165, 1.54) is 6.07 Å². The zero-order valence-electron chi connectivity index (χ0n) is 11.8. The fourth-order valence-electron chi connectivity index (χ4n) is 2.16. The van der Waals surface area contributed by atoms with Crippen LogP contribution < -0.4 is 4.74 Å². The summed E-state index contributed by atoms with van der Waals surface area (Å²) in [6.45, 7) is -0.0195. The van der Waals surface area contributed by atoms with E-state index in [0.717, 1.165) is 5.69 Å². The Morgan fingerprint density at radius 1 is 1.18 bits per heavy atom. The van der Waals surface area contributed by atoms with E-state index in [1.54, 1.807) is 36.8 Å². The largest absolute Gasteiger partial charge is 0.490 e. The summed E-state index contributed by atoms with van der Waals surface area (Å²) in [5, 5.41) is 10.0. The second kappa shape index (κ2) is 6.41. The summed E-state index contributed by atoms with van der Waals surface area (Å²) < 4.78 is 21.0. The van der Waals surface area contributed by atoms with Crippen molar-refractivity contribution in [1.82, 2.24) is 9.55 Å². The van der Waals surface area contributed by atoms with Gasteiger partial charge in [0, 0.05) is 24.0 Å². The number of ether oxygens (including phenoxy) is 1. The Bertz CT molecular complexity index is 744. The van der Waals surface area contributed by atoms with Crippen molar-refractivity contribution in [3.63, 3.8) is 0 Å². The topological polar surface area (TPSA) is 47.3 Å². The molecule has 5 heteroatoms. The maximum atomic E-state index is 13.6. The Hall–Kier alpha value is -2.66. The molecule has 3 aromatic rings. The van der Waals surface area contributed by atoms with Gasteiger partial charge in [0.1, 0.15) is 24.3 Å². The van der Waals surface area contributed by atoms with Gasteiger partial charge in [-0.25, -0.2) is 9.37 Å². The van der Waals surface area contributed by atoms with Crippen LogP contribution in [-0.4, -0.2) is 21.3 Å². The summed E-state index contributed by atoms with van der Waals surface area (Å²) in [5.74, 6) is 0.160. The van der Waals surface area contributed by atoms with Gasteiger partial charge in [-0.2, -0.15) is 0 Å². The predicted molar refractivity (Wildman–Crippen MR) is 80.4 cm³/mol. The molecule has 0 fully saturated rings. The van der Waals surface area contributed by atoms with Crippen molar-refractivity contribution in [2.75, 3.05) is 6.61 Å². The molecular weight excluding hydrogens is 283 g/mol. The van der Waals surface area contributed by atoms with E-state index in [1.807, 2.05) is 29.0 Å². The third kappa shape index (κ3) is 3.15. The zero-order chi connectivity index (χ0) is 15.4. The van der Waals surface area contributed by atoms with Crippen LogP contribution in [0.25, 0.3) is 5.69 Å². The van der Waals surface area contributed by atoms with Crippen molar-refractivity contribution in [3.8, 4) is 11.4 Å². The normalized spacial score (nSPS) is 12.1. The highest BCUT2D eigenvalue weighted by Crippen LogP contribution is 2.20. The van der Waals surface area contributed by atoms with Crippen molar-refractivity contribution in [1.29, 1.82) is 0 Å². The van der Waals surface area contributed by atoms with Gasteiger partial charge < -0.3 is 14.4 Å². The van der Waals surface area contributed by atoms with E-state index < -0.39 is 11.9 Å². The molecule has 0 amide bonds. The van der Waals surface area contributed by atoms with Crippen LogP contribution in [0.15, 0.2) is 67.3 Å². The summed E-state index contributed by atoms with van der Waals surface area (Å²) in [6.07, 6.45) is 4.19. The molecule has 3 rings (SSSR count). The van der Waals surface area contributed by atoms with Gasteiger partial charge >= 0.3 is 0 Å². The lowest BCUT2D eigenvalue weighted by Gasteiger charge is -2.14. The number of aromatic nitrogens is 2. The Balaban J connectivity index is 1.69. The SMILES string of the molecule is OC(COc1cccc(-n2ccnc2)c1)c1ccccc1F. The molecule has 0 aliphatic carbocycles. The summed E-state index contributed by atoms with van der Waals surface area (Å²) in [5.41, 5.74) is 1.13. The number of benzene rings is 2. The molecule has 1 heterocycles. The zero-order valence-corrected chi connectivity index (χ0v) is 11.8. The lowest BCUT2D eigenvalue weighted by atomic mass is 10.1. The van der Waals surface area contributed by atoms with Crippen molar-refractivity contribution < 1.29 is 14.2 Å². The predicted octanol–water partition coefficient (Wildman–Crippen LogP) is 3.12. The molecule has 0 aliphatic rings. The molecule has 0 saturated carbocycles. The highest BCUT2D eigenvalue weighted by atomic mass is 19.1. The van der Waals surface area contributed by atoms with Crippen LogP contribution in [-0.2, 0) is 0 Å². The molecule has 0 saturated heterocycles. The van der Waals surface area contributed by atoms with Crippen molar-refractivity contribution >= 4 is 0 Å². The first kappa shape index (κ1) is 14.3. The van der Waals surface area contributed by atoms with Gasteiger partial charge in [-0.05, 0) is 18.2 Å². The van der Waals surface area contributed by atoms with Crippen LogP contribution in [0.5, 0.6) is 5.75 Å². The minimum Gasteiger partial charge on any atom is -0.490 e. The molecule has 0 bridgehead atoms. The van der Waals surface area contributed by atoms with E-state index in [0.29, 0.717) is 5.75 Å². The molecular formula is C17H15FN2O2. The average molecular weight is 298 g/mol. The molecule has 2 aromatic carbocycles. The monoisotopic (exact) mass is 298 g/mol. The Morgan fingerprint density at radius 2 is 2.05 bits per heavy atom. The van der Waals surface area contributed by atoms with Gasteiger partial charge in [0.05, 0.1) is 12.0 Å². The number of aliphatic hydroxyl groups excluding tert-OH is 1. The van der Waals surface area contributed by atoms with Crippen LogP contribution in [0.3, 0.4) is 0 Å². The molecule has 1 atom stereocenters. The maximum Gasteiger partial charge on any atom is 0.129 e. The maximum absolute atomic E-state index is 13.6. The van der Waals surface area contributed by atoms with E-state index in [-0.39, 0.29) is 12.2 Å². The van der Waals surface area contributed by atoms with E-state index in [4.69, 9.17) is 4.74 Å². The quantitative estimate of drug-likeness (QED) is 0.787. The van der Waals surface area contributed by atoms with Crippen molar-refractivity contribution in [3.05, 3.63) is 78.6 Å². The Kier molecular flexibility index (Phi) is 4.16. The fourth-order valence-corrected chi connectivity index (χ4v) is 2.16. The molecule has 112 valence electrons. The number of hydrogen-bond donors (Lipinski definition) is 1. The Labute approximate surface area is 127 Å². The van der Waals surface area contributed by atoms with Crippen molar-refractivity contribution in [2.45, 2.75) is 6.10 Å². The lowest BCUT2D eigenvalue weighted by molar-refractivity contribution is 0.105. The molecule has 4 nitrogen and oxygen atoms in total. The molecule has 1 aromatic heterocycles. The summed E-state index contributed by atoms with van der Waals surface area (Å²) in [4.78, 5) is 3.99. The van der Waals surface area contributed by atoms with Crippen molar-refractivity contribution in [2.24, 2.45) is 0 Å². The number of halogens is 1. The van der Waals surface area contributed by atoms with Gasteiger partial charge in [0.2, 0.25) is 0 Å². The van der Waals surface area contributed by atoms with Gasteiger partial charge in [0.25, 0.3) is 0 Å². The molecule has 1 unspecified atom stereocenters. The average Bonchev–Trinajstić information content (AvgIpc) is 3.08. The highest BCUT2D eigenvalue weighted by Gasteiger charge is 2.13. The summed E-state index contributed by atoms with van der Waals surface area (Å²) in [7, 11) is 0. The summed E-state index contributed by atoms with van der Waals surface area (Å²) >= 11 is 0. The Morgan fingerprint density at radius 3 is 2.82 bits per heavy atom. The van der Waals surface area contributed by atoms with E-state index in [2.05, 4.69) is 4.98 Å². The minimum absolute atomic E-state index is 0.0195. The lowest BCUT2D eigenvalue weighted by Crippen LogP contribution is -2.11. The first-order valence-corrected chi connectivity index (χ1v) is 6.88. The number of hydrogen-bond acceptors (Lipinski definition) is 3. The number of nitrogens with zero attached hydrogens (tertiary/aromatic N) is 2. The second-order valence-electron chi connectivity index (χ2n) is 4.82.